The first-order valence-corrected chi connectivity index (χ1v) is 7.51. The fourth-order valence-electron chi connectivity index (χ4n) is 3.73. The number of aromatic nitrogens is 1. The summed E-state index contributed by atoms with van der Waals surface area (Å²) in [6, 6.07) is 9.47. The van der Waals surface area contributed by atoms with Crippen LogP contribution in [0.4, 0.5) is 18.9 Å². The Morgan fingerprint density at radius 3 is 2.38 bits per heavy atom. The van der Waals surface area contributed by atoms with Crippen molar-refractivity contribution in [3.05, 3.63) is 53.3 Å². The Labute approximate surface area is 135 Å². The SMILES string of the molecule is Cc1c(C(F)(F)F)cc2n1C[C@@H]1C(=O)N(c3ccccc3)C(=O)[C@H]21. The summed E-state index contributed by atoms with van der Waals surface area (Å²) >= 11 is 0. The van der Waals surface area contributed by atoms with Crippen LogP contribution in [0.25, 0.3) is 0 Å². The number of halogens is 3. The molecule has 0 radical (unpaired) electrons. The summed E-state index contributed by atoms with van der Waals surface area (Å²) in [5.41, 5.74) is 0.0440. The van der Waals surface area contributed by atoms with E-state index < -0.39 is 29.5 Å². The topological polar surface area (TPSA) is 42.3 Å². The molecule has 3 heterocycles. The largest absolute Gasteiger partial charge is 0.418 e. The highest BCUT2D eigenvalue weighted by atomic mass is 19.4. The van der Waals surface area contributed by atoms with Gasteiger partial charge in [0.1, 0.15) is 0 Å². The number of fused-ring (bicyclic) bond motifs is 3. The van der Waals surface area contributed by atoms with E-state index in [1.807, 2.05) is 0 Å². The highest BCUT2D eigenvalue weighted by Crippen LogP contribution is 2.47. The molecule has 24 heavy (non-hydrogen) atoms. The van der Waals surface area contributed by atoms with Gasteiger partial charge in [-0.1, -0.05) is 18.2 Å². The van der Waals surface area contributed by atoms with Crippen molar-refractivity contribution in [3.8, 4) is 0 Å². The van der Waals surface area contributed by atoms with Gasteiger partial charge in [-0.3, -0.25) is 9.59 Å². The van der Waals surface area contributed by atoms with E-state index in [4.69, 9.17) is 0 Å². The molecule has 0 bridgehead atoms. The summed E-state index contributed by atoms with van der Waals surface area (Å²) in [5, 5.41) is 0. The molecule has 2 aliphatic rings. The minimum absolute atomic E-state index is 0.0544. The van der Waals surface area contributed by atoms with E-state index in [1.54, 1.807) is 30.3 Å². The number of hydrogen-bond donors (Lipinski definition) is 0. The standard InChI is InChI=1S/C17H13F3N2O2/c1-9-12(17(18,19)20)7-13-14-11(8-21(9)13)15(23)22(16(14)24)10-5-3-2-4-6-10/h2-7,11,14H,8H2,1H3/t11-,14-/m0/s1. The van der Waals surface area contributed by atoms with Crippen molar-refractivity contribution in [2.24, 2.45) is 5.92 Å². The zero-order chi connectivity index (χ0) is 17.2. The highest BCUT2D eigenvalue weighted by molar-refractivity contribution is 6.24. The van der Waals surface area contributed by atoms with Crippen LogP contribution in [0, 0.1) is 12.8 Å². The smallest absolute Gasteiger partial charge is 0.347 e. The molecule has 124 valence electrons. The molecule has 2 atom stereocenters. The van der Waals surface area contributed by atoms with Gasteiger partial charge in [0, 0.05) is 17.9 Å². The van der Waals surface area contributed by atoms with Crippen molar-refractivity contribution < 1.29 is 22.8 Å². The van der Waals surface area contributed by atoms with Crippen LogP contribution in [0.3, 0.4) is 0 Å². The lowest BCUT2D eigenvalue weighted by Gasteiger charge is -2.16. The van der Waals surface area contributed by atoms with Crippen molar-refractivity contribution in [1.29, 1.82) is 0 Å². The molecule has 1 aromatic carbocycles. The second-order valence-corrected chi connectivity index (χ2v) is 6.11. The molecule has 7 heteroatoms. The van der Waals surface area contributed by atoms with Gasteiger partial charge in [0.25, 0.3) is 0 Å². The van der Waals surface area contributed by atoms with Gasteiger partial charge in [0.05, 0.1) is 23.1 Å². The Balaban J connectivity index is 1.78. The number of nitrogens with zero attached hydrogens (tertiary/aromatic N) is 2. The molecule has 0 saturated carbocycles. The molecule has 0 aliphatic carbocycles. The lowest BCUT2D eigenvalue weighted by atomic mass is 9.95. The van der Waals surface area contributed by atoms with Crippen LogP contribution in [0.5, 0.6) is 0 Å². The molecule has 0 unspecified atom stereocenters. The van der Waals surface area contributed by atoms with Gasteiger partial charge in [0.15, 0.2) is 0 Å². The summed E-state index contributed by atoms with van der Waals surface area (Å²) in [6.45, 7) is 1.48. The van der Waals surface area contributed by atoms with Crippen LogP contribution in [-0.4, -0.2) is 16.4 Å². The second kappa shape index (κ2) is 4.72. The minimum atomic E-state index is -4.47. The Bertz CT molecular complexity index is 855. The van der Waals surface area contributed by atoms with Crippen molar-refractivity contribution >= 4 is 17.5 Å². The molecule has 2 aliphatic heterocycles. The third-order valence-corrected chi connectivity index (χ3v) is 4.84. The number of hydrogen-bond acceptors (Lipinski definition) is 2. The number of benzene rings is 1. The first kappa shape index (κ1) is 15.0. The molecular weight excluding hydrogens is 321 g/mol. The molecule has 0 N–H and O–H groups in total. The van der Waals surface area contributed by atoms with Crippen LogP contribution in [-0.2, 0) is 22.3 Å². The summed E-state index contributed by atoms with van der Waals surface area (Å²) < 4.78 is 40.7. The van der Waals surface area contributed by atoms with Gasteiger partial charge in [0.2, 0.25) is 11.8 Å². The van der Waals surface area contributed by atoms with Gasteiger partial charge < -0.3 is 4.57 Å². The van der Waals surface area contributed by atoms with Gasteiger partial charge in [-0.2, -0.15) is 13.2 Å². The summed E-state index contributed by atoms with van der Waals surface area (Å²) in [6.07, 6.45) is -4.47. The number of imide groups is 1. The van der Waals surface area contributed by atoms with Gasteiger partial charge in [-0.25, -0.2) is 4.90 Å². The molecule has 1 aromatic heterocycles. The molecule has 1 saturated heterocycles. The lowest BCUT2D eigenvalue weighted by molar-refractivity contribution is -0.138. The third kappa shape index (κ3) is 1.87. The number of para-hydroxylation sites is 1. The molecule has 0 spiro atoms. The molecule has 2 aromatic rings. The number of amides is 2. The zero-order valence-corrected chi connectivity index (χ0v) is 12.7. The van der Waals surface area contributed by atoms with Gasteiger partial charge in [-0.15, -0.1) is 0 Å². The molecule has 4 nitrogen and oxygen atoms in total. The molecule has 1 fully saturated rings. The number of alkyl halides is 3. The predicted molar refractivity (Wildman–Crippen MR) is 79.3 cm³/mol. The van der Waals surface area contributed by atoms with Crippen LogP contribution in [0.1, 0.15) is 22.9 Å². The van der Waals surface area contributed by atoms with Crippen LogP contribution in [0.2, 0.25) is 0 Å². The third-order valence-electron chi connectivity index (χ3n) is 4.84. The maximum absolute atomic E-state index is 13.1. The van der Waals surface area contributed by atoms with Crippen molar-refractivity contribution in [1.82, 2.24) is 4.57 Å². The summed E-state index contributed by atoms with van der Waals surface area (Å²) in [4.78, 5) is 26.5. The molecule has 4 rings (SSSR count). The maximum Gasteiger partial charge on any atom is 0.418 e. The van der Waals surface area contributed by atoms with E-state index in [1.165, 1.54) is 11.5 Å². The van der Waals surface area contributed by atoms with E-state index in [2.05, 4.69) is 0 Å². The van der Waals surface area contributed by atoms with Gasteiger partial charge >= 0.3 is 6.18 Å². The number of carbonyl (C=O) groups excluding carboxylic acids is 2. The van der Waals surface area contributed by atoms with E-state index >= 15 is 0 Å². The minimum Gasteiger partial charge on any atom is -0.347 e. The van der Waals surface area contributed by atoms with E-state index in [-0.39, 0.29) is 23.8 Å². The maximum atomic E-state index is 13.1. The fourth-order valence-corrected chi connectivity index (χ4v) is 3.73. The predicted octanol–water partition coefficient (Wildman–Crippen LogP) is 3.10. The Kier molecular flexibility index (Phi) is 2.95. The van der Waals surface area contributed by atoms with Crippen molar-refractivity contribution in [2.45, 2.75) is 25.6 Å². The first-order valence-electron chi connectivity index (χ1n) is 7.51. The average Bonchev–Trinajstić information content (AvgIpc) is 3.12. The van der Waals surface area contributed by atoms with Crippen LogP contribution in [0.15, 0.2) is 36.4 Å². The number of anilines is 1. The van der Waals surface area contributed by atoms with Crippen LogP contribution < -0.4 is 4.90 Å². The zero-order valence-electron chi connectivity index (χ0n) is 12.7. The molecule has 2 amide bonds. The Morgan fingerprint density at radius 1 is 1.08 bits per heavy atom. The average molecular weight is 334 g/mol. The van der Waals surface area contributed by atoms with E-state index in [0.717, 1.165) is 11.0 Å². The normalized spacial score (nSPS) is 22.9. The second-order valence-electron chi connectivity index (χ2n) is 6.11. The summed E-state index contributed by atoms with van der Waals surface area (Å²) in [5.74, 6) is -2.28. The lowest BCUT2D eigenvalue weighted by Crippen LogP contribution is -2.32. The van der Waals surface area contributed by atoms with E-state index in [0.29, 0.717) is 5.69 Å². The number of carbonyl (C=O) groups is 2. The Morgan fingerprint density at radius 2 is 1.75 bits per heavy atom. The van der Waals surface area contributed by atoms with Crippen LogP contribution >= 0.6 is 0 Å². The quantitative estimate of drug-likeness (QED) is 0.752. The van der Waals surface area contributed by atoms with Gasteiger partial charge in [-0.05, 0) is 25.1 Å². The number of rotatable bonds is 1. The monoisotopic (exact) mass is 334 g/mol. The van der Waals surface area contributed by atoms with Crippen molar-refractivity contribution in [2.75, 3.05) is 4.90 Å². The first-order chi connectivity index (χ1) is 11.3. The van der Waals surface area contributed by atoms with Crippen molar-refractivity contribution in [3.63, 3.8) is 0 Å². The van der Waals surface area contributed by atoms with E-state index in [9.17, 15) is 22.8 Å². The highest BCUT2D eigenvalue weighted by Gasteiger charge is 2.54. The molecular formula is C17H13F3N2O2. The fraction of sp³-hybridized carbons (Fsp3) is 0.294. The summed E-state index contributed by atoms with van der Waals surface area (Å²) in [7, 11) is 0. The Hall–Kier alpha value is -2.57.